The Morgan fingerprint density at radius 3 is 2.82 bits per heavy atom. The molecule has 0 spiro atoms. The van der Waals surface area contributed by atoms with Crippen molar-refractivity contribution in [3.05, 3.63) is 28.8 Å². The maximum Gasteiger partial charge on any atom is 0.137 e. The van der Waals surface area contributed by atoms with Gasteiger partial charge in [0, 0.05) is 0 Å². The third kappa shape index (κ3) is 4.94. The van der Waals surface area contributed by atoms with Crippen LogP contribution in [0.1, 0.15) is 12.5 Å². The molecule has 1 atom stereocenters. The van der Waals surface area contributed by atoms with Crippen LogP contribution < -0.4 is 15.8 Å². The van der Waals surface area contributed by atoms with E-state index in [1.807, 2.05) is 18.2 Å². The van der Waals surface area contributed by atoms with Gasteiger partial charge in [0.15, 0.2) is 0 Å². The molecule has 17 heavy (non-hydrogen) atoms. The van der Waals surface area contributed by atoms with Crippen LogP contribution in [0.5, 0.6) is 5.75 Å². The van der Waals surface area contributed by atoms with Gasteiger partial charge < -0.3 is 15.8 Å². The van der Waals surface area contributed by atoms with Crippen LogP contribution in [0.3, 0.4) is 0 Å². The summed E-state index contributed by atoms with van der Waals surface area (Å²) in [4.78, 5) is 0. The fraction of sp³-hybridized carbons (Fsp3) is 0.538. The first-order chi connectivity index (χ1) is 8.17. The molecule has 1 unspecified atom stereocenters. The van der Waals surface area contributed by atoms with E-state index in [1.165, 1.54) is 5.56 Å². The van der Waals surface area contributed by atoms with Crippen LogP contribution in [-0.4, -0.2) is 26.7 Å². The zero-order chi connectivity index (χ0) is 12.7. The van der Waals surface area contributed by atoms with E-state index in [2.05, 4.69) is 12.2 Å². The van der Waals surface area contributed by atoms with Gasteiger partial charge in [0.05, 0.1) is 12.1 Å². The Hall–Kier alpha value is -0.770. The fourth-order valence-electron chi connectivity index (χ4n) is 1.53. The van der Waals surface area contributed by atoms with Crippen molar-refractivity contribution in [1.82, 2.24) is 5.32 Å². The lowest BCUT2D eigenvalue weighted by atomic mass is 10.1. The van der Waals surface area contributed by atoms with Crippen LogP contribution >= 0.6 is 11.6 Å². The average molecular weight is 257 g/mol. The van der Waals surface area contributed by atoms with Gasteiger partial charge >= 0.3 is 0 Å². The number of nitrogens with two attached hydrogens (primary N) is 1. The summed E-state index contributed by atoms with van der Waals surface area (Å²) in [5.41, 5.74) is 6.76. The predicted octanol–water partition coefficient (Wildman–Crippen LogP) is 2.08. The smallest absolute Gasteiger partial charge is 0.137 e. The summed E-state index contributed by atoms with van der Waals surface area (Å²) in [6, 6.07) is 5.90. The number of rotatable bonds is 7. The summed E-state index contributed by atoms with van der Waals surface area (Å²) >= 11 is 6.05. The molecule has 0 aliphatic rings. The Balaban J connectivity index is 2.34. The van der Waals surface area contributed by atoms with Crippen LogP contribution in [0.25, 0.3) is 0 Å². The topological polar surface area (TPSA) is 47.3 Å². The fourth-order valence-corrected chi connectivity index (χ4v) is 1.81. The highest BCUT2D eigenvalue weighted by Crippen LogP contribution is 2.24. The Kier molecular flexibility index (Phi) is 6.34. The number of halogens is 1. The van der Waals surface area contributed by atoms with Crippen LogP contribution in [0.15, 0.2) is 18.2 Å². The Morgan fingerprint density at radius 2 is 2.24 bits per heavy atom. The largest absolute Gasteiger partial charge is 0.495 e. The molecule has 3 nitrogen and oxygen atoms in total. The van der Waals surface area contributed by atoms with Crippen LogP contribution in [0.4, 0.5) is 0 Å². The molecule has 1 aromatic carbocycles. The summed E-state index contributed by atoms with van der Waals surface area (Å²) in [7, 11) is 1.62. The van der Waals surface area contributed by atoms with E-state index in [1.54, 1.807) is 7.11 Å². The van der Waals surface area contributed by atoms with E-state index in [4.69, 9.17) is 22.1 Å². The summed E-state index contributed by atoms with van der Waals surface area (Å²) in [5.74, 6) is 1.24. The normalized spacial score (nSPS) is 12.5. The molecule has 1 aromatic rings. The minimum atomic E-state index is 0.523. The highest BCUT2D eigenvalue weighted by Gasteiger charge is 2.02. The lowest BCUT2D eigenvalue weighted by Crippen LogP contribution is -2.27. The molecule has 0 aliphatic carbocycles. The molecule has 0 aliphatic heterocycles. The average Bonchev–Trinajstić information content (AvgIpc) is 2.34. The second-order valence-corrected chi connectivity index (χ2v) is 4.67. The number of hydrogen-bond donors (Lipinski definition) is 2. The maximum absolute atomic E-state index is 6.05. The number of nitrogens with one attached hydrogen (secondary N) is 1. The van der Waals surface area contributed by atoms with Crippen molar-refractivity contribution in [2.75, 3.05) is 26.7 Å². The summed E-state index contributed by atoms with van der Waals surface area (Å²) in [5, 5.41) is 4.05. The van der Waals surface area contributed by atoms with Gasteiger partial charge in [0.2, 0.25) is 0 Å². The van der Waals surface area contributed by atoms with Gasteiger partial charge in [-0.1, -0.05) is 24.6 Å². The maximum atomic E-state index is 6.05. The Labute approximate surface area is 108 Å². The van der Waals surface area contributed by atoms with Crippen molar-refractivity contribution in [2.24, 2.45) is 11.7 Å². The number of methoxy groups -OCH3 is 1. The van der Waals surface area contributed by atoms with Crippen LogP contribution in [0.2, 0.25) is 5.02 Å². The van der Waals surface area contributed by atoms with E-state index in [0.717, 1.165) is 31.8 Å². The first-order valence-electron chi connectivity index (χ1n) is 5.90. The van der Waals surface area contributed by atoms with Gasteiger partial charge in [0.1, 0.15) is 5.75 Å². The molecule has 0 radical (unpaired) electrons. The minimum Gasteiger partial charge on any atom is -0.495 e. The second kappa shape index (κ2) is 7.54. The highest BCUT2D eigenvalue weighted by molar-refractivity contribution is 6.32. The van der Waals surface area contributed by atoms with Crippen LogP contribution in [-0.2, 0) is 6.42 Å². The summed E-state index contributed by atoms with van der Waals surface area (Å²) < 4.78 is 5.11. The second-order valence-electron chi connectivity index (χ2n) is 4.26. The lowest BCUT2D eigenvalue weighted by Gasteiger charge is -2.10. The molecule has 3 N–H and O–H groups in total. The van der Waals surface area contributed by atoms with E-state index in [9.17, 15) is 0 Å². The Bertz CT molecular complexity index is 344. The molecular formula is C13H21ClN2O. The number of hydrogen-bond acceptors (Lipinski definition) is 3. The molecule has 1 rings (SSSR count). The zero-order valence-corrected chi connectivity index (χ0v) is 11.3. The van der Waals surface area contributed by atoms with Gasteiger partial charge in [0.25, 0.3) is 0 Å². The number of benzene rings is 1. The standard InChI is InChI=1S/C13H21ClN2O/c1-10(8-15)9-16-6-5-11-3-4-13(17-2)12(14)7-11/h3-4,7,10,16H,5-6,8-9,15H2,1-2H3. The first kappa shape index (κ1) is 14.3. The first-order valence-corrected chi connectivity index (χ1v) is 6.28. The summed E-state index contributed by atoms with van der Waals surface area (Å²) in [6.07, 6.45) is 0.959. The molecule has 0 bridgehead atoms. The lowest BCUT2D eigenvalue weighted by molar-refractivity contribution is 0.415. The summed E-state index contributed by atoms with van der Waals surface area (Å²) in [6.45, 7) is 4.76. The third-order valence-electron chi connectivity index (χ3n) is 2.70. The van der Waals surface area contributed by atoms with Crippen molar-refractivity contribution in [3.63, 3.8) is 0 Å². The zero-order valence-electron chi connectivity index (χ0n) is 10.5. The molecule has 0 aromatic heterocycles. The molecule has 4 heteroatoms. The molecule has 0 saturated carbocycles. The van der Waals surface area contributed by atoms with Crippen molar-refractivity contribution in [3.8, 4) is 5.75 Å². The van der Waals surface area contributed by atoms with Crippen molar-refractivity contribution in [1.29, 1.82) is 0 Å². The van der Waals surface area contributed by atoms with Crippen molar-refractivity contribution >= 4 is 11.6 Å². The molecule has 0 heterocycles. The van der Waals surface area contributed by atoms with Gasteiger partial charge in [-0.05, 0) is 49.7 Å². The van der Waals surface area contributed by atoms with E-state index in [-0.39, 0.29) is 0 Å². The number of ether oxygens (including phenoxy) is 1. The highest BCUT2D eigenvalue weighted by atomic mass is 35.5. The van der Waals surface area contributed by atoms with E-state index < -0.39 is 0 Å². The van der Waals surface area contributed by atoms with E-state index in [0.29, 0.717) is 10.9 Å². The minimum absolute atomic E-state index is 0.523. The molecule has 0 amide bonds. The van der Waals surface area contributed by atoms with E-state index >= 15 is 0 Å². The Morgan fingerprint density at radius 1 is 1.47 bits per heavy atom. The molecule has 0 saturated heterocycles. The quantitative estimate of drug-likeness (QED) is 0.735. The van der Waals surface area contributed by atoms with Gasteiger partial charge in [-0.25, -0.2) is 0 Å². The van der Waals surface area contributed by atoms with Crippen LogP contribution in [0, 0.1) is 5.92 Å². The third-order valence-corrected chi connectivity index (χ3v) is 3.00. The SMILES string of the molecule is COc1ccc(CCNCC(C)CN)cc1Cl. The van der Waals surface area contributed by atoms with Crippen molar-refractivity contribution < 1.29 is 4.74 Å². The monoisotopic (exact) mass is 256 g/mol. The molecular weight excluding hydrogens is 236 g/mol. The van der Waals surface area contributed by atoms with Crippen molar-refractivity contribution in [2.45, 2.75) is 13.3 Å². The van der Waals surface area contributed by atoms with Gasteiger partial charge in [-0.15, -0.1) is 0 Å². The van der Waals surface area contributed by atoms with Gasteiger partial charge in [-0.2, -0.15) is 0 Å². The molecule has 0 fully saturated rings. The predicted molar refractivity (Wildman–Crippen MR) is 72.8 cm³/mol. The molecule has 96 valence electrons. The van der Waals surface area contributed by atoms with Gasteiger partial charge in [-0.3, -0.25) is 0 Å².